The van der Waals surface area contributed by atoms with Crippen molar-refractivity contribution in [3.8, 4) is 0 Å². The highest BCUT2D eigenvalue weighted by atomic mass is 35.5. The van der Waals surface area contributed by atoms with E-state index < -0.39 is 5.97 Å². The maximum Gasteiger partial charge on any atom is 0.335 e. The second kappa shape index (κ2) is 6.72. The number of carbonyl (C=O) groups is 2. The van der Waals surface area contributed by atoms with Crippen LogP contribution in [0.15, 0.2) is 18.2 Å². The average Bonchev–Trinajstić information content (AvgIpc) is 2.92. The first-order valence-electron chi connectivity index (χ1n) is 6.50. The molecule has 0 aliphatic carbocycles. The molecule has 1 saturated heterocycles. The van der Waals surface area contributed by atoms with E-state index in [1.807, 2.05) is 0 Å². The molecule has 0 saturated carbocycles. The van der Waals surface area contributed by atoms with Crippen molar-refractivity contribution in [3.05, 3.63) is 28.8 Å². The van der Waals surface area contributed by atoms with Gasteiger partial charge in [-0.05, 0) is 37.5 Å². The van der Waals surface area contributed by atoms with Crippen LogP contribution in [0.1, 0.15) is 36.0 Å². The van der Waals surface area contributed by atoms with E-state index >= 15 is 0 Å². The van der Waals surface area contributed by atoms with E-state index in [1.165, 1.54) is 18.2 Å². The number of anilines is 1. The fourth-order valence-corrected chi connectivity index (χ4v) is 2.30. The number of nitrogens with one attached hydrogen (secondary N) is 1. The molecule has 0 spiro atoms. The molecule has 6 heteroatoms. The summed E-state index contributed by atoms with van der Waals surface area (Å²) in [4.78, 5) is 22.7. The maximum atomic E-state index is 11.8. The van der Waals surface area contributed by atoms with Crippen molar-refractivity contribution in [2.45, 2.75) is 31.8 Å². The average molecular weight is 298 g/mol. The molecule has 1 unspecified atom stereocenters. The highest BCUT2D eigenvalue weighted by Crippen LogP contribution is 2.24. The number of aromatic carboxylic acids is 1. The monoisotopic (exact) mass is 297 g/mol. The van der Waals surface area contributed by atoms with E-state index in [4.69, 9.17) is 21.4 Å². The topological polar surface area (TPSA) is 75.6 Å². The molecule has 0 radical (unpaired) electrons. The van der Waals surface area contributed by atoms with Gasteiger partial charge in [-0.25, -0.2) is 4.79 Å². The lowest BCUT2D eigenvalue weighted by Crippen LogP contribution is -2.15. The Bertz CT molecular complexity index is 512. The third-order valence-corrected chi connectivity index (χ3v) is 3.53. The number of halogens is 1. The Morgan fingerprint density at radius 2 is 2.25 bits per heavy atom. The lowest BCUT2D eigenvalue weighted by atomic mass is 10.1. The molecule has 20 heavy (non-hydrogen) atoms. The summed E-state index contributed by atoms with van der Waals surface area (Å²) in [5.41, 5.74) is 0.410. The van der Waals surface area contributed by atoms with Gasteiger partial charge in [0.25, 0.3) is 0 Å². The van der Waals surface area contributed by atoms with Gasteiger partial charge in [0.15, 0.2) is 0 Å². The van der Waals surface area contributed by atoms with Crippen LogP contribution in [-0.4, -0.2) is 29.7 Å². The second-order valence-corrected chi connectivity index (χ2v) is 5.13. The zero-order valence-electron chi connectivity index (χ0n) is 10.9. The minimum Gasteiger partial charge on any atom is -0.478 e. The molecule has 1 aromatic rings. The van der Waals surface area contributed by atoms with Crippen molar-refractivity contribution in [1.29, 1.82) is 0 Å². The first-order valence-corrected chi connectivity index (χ1v) is 6.88. The standard InChI is InChI=1S/C14H16ClNO4/c15-11-5-3-9(14(18)19)8-12(11)16-13(17)6-4-10-2-1-7-20-10/h3,5,8,10H,1-2,4,6-7H2,(H,16,17)(H,18,19). The van der Waals surface area contributed by atoms with Crippen LogP contribution in [0.25, 0.3) is 0 Å². The van der Waals surface area contributed by atoms with E-state index in [9.17, 15) is 9.59 Å². The van der Waals surface area contributed by atoms with Crippen LogP contribution in [0.3, 0.4) is 0 Å². The van der Waals surface area contributed by atoms with Crippen molar-refractivity contribution in [2.75, 3.05) is 11.9 Å². The van der Waals surface area contributed by atoms with E-state index in [-0.39, 0.29) is 17.6 Å². The molecule has 1 aromatic carbocycles. The van der Waals surface area contributed by atoms with Gasteiger partial charge in [-0.2, -0.15) is 0 Å². The molecule has 1 fully saturated rings. The molecule has 1 amide bonds. The number of rotatable bonds is 5. The number of carboxylic acid groups (broad SMARTS) is 1. The number of carboxylic acids is 1. The van der Waals surface area contributed by atoms with Gasteiger partial charge in [0.1, 0.15) is 0 Å². The van der Waals surface area contributed by atoms with Gasteiger partial charge in [-0.3, -0.25) is 4.79 Å². The SMILES string of the molecule is O=C(CCC1CCCO1)Nc1cc(C(=O)O)ccc1Cl. The smallest absolute Gasteiger partial charge is 0.335 e. The van der Waals surface area contributed by atoms with Crippen LogP contribution in [0.2, 0.25) is 5.02 Å². The minimum absolute atomic E-state index is 0.0869. The Morgan fingerprint density at radius 3 is 2.90 bits per heavy atom. The summed E-state index contributed by atoms with van der Waals surface area (Å²) in [7, 11) is 0. The lowest BCUT2D eigenvalue weighted by Gasteiger charge is -2.10. The zero-order valence-corrected chi connectivity index (χ0v) is 11.7. The molecule has 0 bridgehead atoms. The maximum absolute atomic E-state index is 11.8. The molecular weight excluding hydrogens is 282 g/mol. The van der Waals surface area contributed by atoms with E-state index in [1.54, 1.807) is 0 Å². The summed E-state index contributed by atoms with van der Waals surface area (Å²) in [5, 5.41) is 11.9. The summed E-state index contributed by atoms with van der Waals surface area (Å²) in [6, 6.07) is 4.21. The van der Waals surface area contributed by atoms with E-state index in [0.29, 0.717) is 23.6 Å². The number of benzene rings is 1. The predicted molar refractivity (Wildman–Crippen MR) is 75.2 cm³/mol. The molecule has 5 nitrogen and oxygen atoms in total. The number of amides is 1. The third kappa shape index (κ3) is 3.95. The van der Waals surface area contributed by atoms with Crippen molar-refractivity contribution in [1.82, 2.24) is 0 Å². The number of hydrogen-bond acceptors (Lipinski definition) is 3. The molecule has 2 N–H and O–H groups in total. The zero-order chi connectivity index (χ0) is 14.5. The van der Waals surface area contributed by atoms with Crippen molar-refractivity contribution >= 4 is 29.2 Å². The number of ether oxygens (including phenoxy) is 1. The molecule has 1 aliphatic rings. The largest absolute Gasteiger partial charge is 0.478 e. The Balaban J connectivity index is 1.92. The minimum atomic E-state index is -1.06. The van der Waals surface area contributed by atoms with Crippen LogP contribution in [0.4, 0.5) is 5.69 Å². The molecule has 1 heterocycles. The molecule has 108 valence electrons. The predicted octanol–water partition coefficient (Wildman–Crippen LogP) is 2.94. The van der Waals surface area contributed by atoms with E-state index in [0.717, 1.165) is 19.4 Å². The van der Waals surface area contributed by atoms with Crippen LogP contribution < -0.4 is 5.32 Å². The number of carbonyl (C=O) groups excluding carboxylic acids is 1. The summed E-state index contributed by atoms with van der Waals surface area (Å²) in [6.07, 6.45) is 3.18. The summed E-state index contributed by atoms with van der Waals surface area (Å²) in [5.74, 6) is -1.25. The van der Waals surface area contributed by atoms with E-state index in [2.05, 4.69) is 5.32 Å². The van der Waals surface area contributed by atoms with Gasteiger partial charge >= 0.3 is 5.97 Å². The Morgan fingerprint density at radius 1 is 1.45 bits per heavy atom. The second-order valence-electron chi connectivity index (χ2n) is 4.72. The fraction of sp³-hybridized carbons (Fsp3) is 0.429. The van der Waals surface area contributed by atoms with Crippen LogP contribution in [0, 0.1) is 0 Å². The Kier molecular flexibility index (Phi) is 4.98. The highest BCUT2D eigenvalue weighted by Gasteiger charge is 2.17. The van der Waals surface area contributed by atoms with Crippen LogP contribution in [0.5, 0.6) is 0 Å². The highest BCUT2D eigenvalue weighted by molar-refractivity contribution is 6.33. The Labute approximate surface area is 121 Å². The number of hydrogen-bond donors (Lipinski definition) is 2. The van der Waals surface area contributed by atoms with Gasteiger partial charge in [-0.15, -0.1) is 0 Å². The van der Waals surface area contributed by atoms with Gasteiger partial charge in [-0.1, -0.05) is 11.6 Å². The van der Waals surface area contributed by atoms with Crippen molar-refractivity contribution < 1.29 is 19.4 Å². The Hall–Kier alpha value is -1.59. The van der Waals surface area contributed by atoms with Crippen molar-refractivity contribution in [3.63, 3.8) is 0 Å². The fourth-order valence-electron chi connectivity index (χ4n) is 2.13. The lowest BCUT2D eigenvalue weighted by molar-refractivity contribution is -0.116. The van der Waals surface area contributed by atoms with Crippen LogP contribution >= 0.6 is 11.6 Å². The van der Waals surface area contributed by atoms with Gasteiger partial charge in [0, 0.05) is 13.0 Å². The first-order chi connectivity index (χ1) is 9.56. The first kappa shape index (κ1) is 14.8. The van der Waals surface area contributed by atoms with Crippen molar-refractivity contribution in [2.24, 2.45) is 0 Å². The normalized spacial score (nSPS) is 17.9. The third-order valence-electron chi connectivity index (χ3n) is 3.20. The van der Waals surface area contributed by atoms with Gasteiger partial charge in [0.2, 0.25) is 5.91 Å². The van der Waals surface area contributed by atoms with Crippen LogP contribution in [-0.2, 0) is 9.53 Å². The van der Waals surface area contributed by atoms with Gasteiger partial charge < -0.3 is 15.2 Å². The molecule has 1 aliphatic heterocycles. The summed E-state index contributed by atoms with van der Waals surface area (Å²) in [6.45, 7) is 0.763. The quantitative estimate of drug-likeness (QED) is 0.876. The molecule has 2 rings (SSSR count). The van der Waals surface area contributed by atoms with Gasteiger partial charge in [0.05, 0.1) is 22.4 Å². The summed E-state index contributed by atoms with van der Waals surface area (Å²) >= 11 is 5.94. The molecule has 1 atom stereocenters. The molecule has 0 aromatic heterocycles. The summed E-state index contributed by atoms with van der Waals surface area (Å²) < 4.78 is 5.44. The molecular formula is C14H16ClNO4.